The number of benzene rings is 1. The van der Waals surface area contributed by atoms with E-state index in [0.717, 1.165) is 25.1 Å². The molecule has 1 N–H and O–H groups in total. The lowest BCUT2D eigenvalue weighted by Gasteiger charge is -2.15. The molecule has 0 fully saturated rings. The number of rotatable bonds is 7. The average molecular weight is 270 g/mol. The summed E-state index contributed by atoms with van der Waals surface area (Å²) >= 11 is 0. The third-order valence-corrected chi connectivity index (χ3v) is 3.35. The first-order chi connectivity index (χ1) is 9.79. The van der Waals surface area contributed by atoms with E-state index >= 15 is 0 Å². The minimum atomic E-state index is 0.419. The smallest absolute Gasteiger partial charge is 0.122 e. The molecule has 0 aliphatic carbocycles. The highest BCUT2D eigenvalue weighted by molar-refractivity contribution is 5.33. The summed E-state index contributed by atoms with van der Waals surface area (Å²) in [4.78, 5) is 4.13. The maximum atomic E-state index is 5.38. The van der Waals surface area contributed by atoms with Gasteiger partial charge in [-0.1, -0.05) is 24.3 Å². The largest absolute Gasteiger partial charge is 0.496 e. The standard InChI is InChI=1S/C17H22N2O/c1-14(12-16-7-3-4-8-17(16)20-2)19-11-9-15-6-5-10-18-13-15/h3-8,10,13-14,19H,9,11-12H2,1-2H3. The summed E-state index contributed by atoms with van der Waals surface area (Å²) in [6.45, 7) is 3.16. The van der Waals surface area contributed by atoms with E-state index in [1.165, 1.54) is 11.1 Å². The molecule has 1 aromatic heterocycles. The van der Waals surface area contributed by atoms with Crippen LogP contribution in [0.2, 0.25) is 0 Å². The van der Waals surface area contributed by atoms with Crippen LogP contribution in [-0.2, 0) is 12.8 Å². The lowest BCUT2D eigenvalue weighted by molar-refractivity contribution is 0.406. The zero-order chi connectivity index (χ0) is 14.2. The van der Waals surface area contributed by atoms with Crippen LogP contribution in [0, 0.1) is 0 Å². The monoisotopic (exact) mass is 270 g/mol. The van der Waals surface area contributed by atoms with E-state index in [4.69, 9.17) is 4.74 Å². The van der Waals surface area contributed by atoms with E-state index in [2.05, 4.69) is 35.4 Å². The number of ether oxygens (including phenoxy) is 1. The molecule has 0 radical (unpaired) electrons. The SMILES string of the molecule is COc1ccccc1CC(C)NCCc1cccnc1. The van der Waals surface area contributed by atoms with Crippen molar-refractivity contribution in [3.05, 3.63) is 59.9 Å². The van der Waals surface area contributed by atoms with E-state index in [1.807, 2.05) is 24.4 Å². The molecule has 3 heteroatoms. The van der Waals surface area contributed by atoms with Gasteiger partial charge in [0, 0.05) is 18.4 Å². The molecule has 0 aliphatic heterocycles. The van der Waals surface area contributed by atoms with Gasteiger partial charge in [0.05, 0.1) is 7.11 Å². The topological polar surface area (TPSA) is 34.1 Å². The van der Waals surface area contributed by atoms with Gasteiger partial charge in [0.1, 0.15) is 5.75 Å². The maximum absolute atomic E-state index is 5.38. The summed E-state index contributed by atoms with van der Waals surface area (Å²) in [6.07, 6.45) is 5.70. The number of nitrogens with zero attached hydrogens (tertiary/aromatic N) is 1. The highest BCUT2D eigenvalue weighted by Gasteiger charge is 2.07. The molecule has 0 saturated heterocycles. The van der Waals surface area contributed by atoms with Crippen LogP contribution in [0.3, 0.4) is 0 Å². The molecule has 0 amide bonds. The molecule has 0 saturated carbocycles. The van der Waals surface area contributed by atoms with E-state index in [1.54, 1.807) is 13.3 Å². The van der Waals surface area contributed by atoms with Crippen LogP contribution in [0.4, 0.5) is 0 Å². The van der Waals surface area contributed by atoms with Gasteiger partial charge < -0.3 is 10.1 Å². The van der Waals surface area contributed by atoms with Gasteiger partial charge in [-0.05, 0) is 49.6 Å². The van der Waals surface area contributed by atoms with Gasteiger partial charge in [-0.2, -0.15) is 0 Å². The number of para-hydroxylation sites is 1. The second-order valence-corrected chi connectivity index (χ2v) is 4.98. The van der Waals surface area contributed by atoms with Crippen molar-refractivity contribution in [3.8, 4) is 5.75 Å². The van der Waals surface area contributed by atoms with Crippen molar-refractivity contribution in [2.45, 2.75) is 25.8 Å². The summed E-state index contributed by atoms with van der Waals surface area (Å²) in [5.74, 6) is 0.966. The Kier molecular flexibility index (Phi) is 5.56. The second kappa shape index (κ2) is 7.65. The predicted octanol–water partition coefficient (Wildman–Crippen LogP) is 2.85. The fourth-order valence-electron chi connectivity index (χ4n) is 2.28. The number of methoxy groups -OCH3 is 1. The quantitative estimate of drug-likeness (QED) is 0.840. The lowest BCUT2D eigenvalue weighted by Crippen LogP contribution is -2.30. The zero-order valence-corrected chi connectivity index (χ0v) is 12.2. The molecule has 20 heavy (non-hydrogen) atoms. The number of hydrogen-bond acceptors (Lipinski definition) is 3. The molecule has 0 bridgehead atoms. The molecule has 2 aromatic rings. The van der Waals surface area contributed by atoms with E-state index < -0.39 is 0 Å². The first kappa shape index (κ1) is 14.5. The molecule has 0 aliphatic rings. The fourth-order valence-corrected chi connectivity index (χ4v) is 2.28. The Morgan fingerprint density at radius 1 is 1.20 bits per heavy atom. The van der Waals surface area contributed by atoms with Crippen molar-refractivity contribution >= 4 is 0 Å². The molecule has 1 atom stereocenters. The Morgan fingerprint density at radius 2 is 2.05 bits per heavy atom. The molecule has 1 heterocycles. The normalized spacial score (nSPS) is 12.1. The van der Waals surface area contributed by atoms with Crippen molar-refractivity contribution < 1.29 is 4.74 Å². The fraction of sp³-hybridized carbons (Fsp3) is 0.353. The van der Waals surface area contributed by atoms with Gasteiger partial charge in [-0.25, -0.2) is 0 Å². The van der Waals surface area contributed by atoms with Crippen molar-refractivity contribution in [2.24, 2.45) is 0 Å². The van der Waals surface area contributed by atoms with Crippen molar-refractivity contribution in [1.29, 1.82) is 0 Å². The van der Waals surface area contributed by atoms with Gasteiger partial charge in [0.2, 0.25) is 0 Å². The summed E-state index contributed by atoms with van der Waals surface area (Å²) in [5.41, 5.74) is 2.51. The number of pyridine rings is 1. The van der Waals surface area contributed by atoms with Gasteiger partial charge in [0.25, 0.3) is 0 Å². The Bertz CT molecular complexity index is 513. The van der Waals surface area contributed by atoms with Gasteiger partial charge >= 0.3 is 0 Å². The third kappa shape index (κ3) is 4.35. The minimum Gasteiger partial charge on any atom is -0.496 e. The lowest BCUT2D eigenvalue weighted by atomic mass is 10.1. The number of nitrogens with one attached hydrogen (secondary N) is 1. The van der Waals surface area contributed by atoms with Crippen LogP contribution in [-0.4, -0.2) is 24.7 Å². The predicted molar refractivity (Wildman–Crippen MR) is 82.1 cm³/mol. The highest BCUT2D eigenvalue weighted by atomic mass is 16.5. The maximum Gasteiger partial charge on any atom is 0.122 e. The van der Waals surface area contributed by atoms with Crippen LogP contribution in [0.25, 0.3) is 0 Å². The van der Waals surface area contributed by atoms with E-state index in [0.29, 0.717) is 6.04 Å². The van der Waals surface area contributed by atoms with Gasteiger partial charge in [0.15, 0.2) is 0 Å². The Morgan fingerprint density at radius 3 is 2.80 bits per heavy atom. The zero-order valence-electron chi connectivity index (χ0n) is 12.2. The molecular formula is C17H22N2O. The molecule has 1 aromatic carbocycles. The summed E-state index contributed by atoms with van der Waals surface area (Å²) < 4.78 is 5.38. The van der Waals surface area contributed by atoms with Crippen LogP contribution < -0.4 is 10.1 Å². The summed E-state index contributed by atoms with van der Waals surface area (Å²) in [7, 11) is 1.72. The number of aromatic nitrogens is 1. The molecule has 3 nitrogen and oxygen atoms in total. The highest BCUT2D eigenvalue weighted by Crippen LogP contribution is 2.18. The molecule has 2 rings (SSSR count). The molecule has 1 unspecified atom stereocenters. The molecular weight excluding hydrogens is 248 g/mol. The second-order valence-electron chi connectivity index (χ2n) is 4.98. The van der Waals surface area contributed by atoms with Gasteiger partial charge in [-0.15, -0.1) is 0 Å². The van der Waals surface area contributed by atoms with Crippen molar-refractivity contribution in [3.63, 3.8) is 0 Å². The van der Waals surface area contributed by atoms with Crippen LogP contribution in [0.5, 0.6) is 5.75 Å². The first-order valence-corrected chi connectivity index (χ1v) is 7.04. The van der Waals surface area contributed by atoms with E-state index in [9.17, 15) is 0 Å². The van der Waals surface area contributed by atoms with Crippen LogP contribution in [0.15, 0.2) is 48.8 Å². The average Bonchev–Trinajstić information content (AvgIpc) is 2.49. The summed E-state index contributed by atoms with van der Waals surface area (Å²) in [6, 6.07) is 12.7. The molecule has 0 spiro atoms. The third-order valence-electron chi connectivity index (χ3n) is 3.35. The Hall–Kier alpha value is -1.87. The van der Waals surface area contributed by atoms with Crippen LogP contribution >= 0.6 is 0 Å². The number of hydrogen-bond donors (Lipinski definition) is 1. The molecule has 106 valence electrons. The minimum absolute atomic E-state index is 0.419. The van der Waals surface area contributed by atoms with E-state index in [-0.39, 0.29) is 0 Å². The summed E-state index contributed by atoms with van der Waals surface area (Å²) in [5, 5.41) is 3.55. The Balaban J connectivity index is 1.79. The van der Waals surface area contributed by atoms with Gasteiger partial charge in [-0.3, -0.25) is 4.98 Å². The van der Waals surface area contributed by atoms with Crippen molar-refractivity contribution in [1.82, 2.24) is 10.3 Å². The van der Waals surface area contributed by atoms with Crippen molar-refractivity contribution in [2.75, 3.05) is 13.7 Å². The Labute approximate surface area is 121 Å². The van der Waals surface area contributed by atoms with Crippen LogP contribution in [0.1, 0.15) is 18.1 Å². The first-order valence-electron chi connectivity index (χ1n) is 7.04.